The quantitative estimate of drug-likeness (QED) is 0.775. The molecule has 0 atom stereocenters. The SMILES string of the molecule is C=CCOc1ccccc1CNCC(=C)Br. The highest BCUT2D eigenvalue weighted by Crippen LogP contribution is 2.17. The third kappa shape index (κ3) is 4.64. The highest BCUT2D eigenvalue weighted by Gasteiger charge is 2.01. The Bertz CT molecular complexity index is 363. The van der Waals surface area contributed by atoms with Gasteiger partial charge in [0.05, 0.1) is 0 Å². The molecule has 0 heterocycles. The fourth-order valence-electron chi connectivity index (χ4n) is 1.27. The molecule has 0 aliphatic rings. The molecule has 0 aliphatic carbocycles. The Labute approximate surface area is 105 Å². The molecule has 0 saturated heterocycles. The number of halogens is 1. The van der Waals surface area contributed by atoms with Crippen molar-refractivity contribution >= 4 is 15.9 Å². The number of rotatable bonds is 7. The van der Waals surface area contributed by atoms with Gasteiger partial charge in [-0.25, -0.2) is 0 Å². The minimum Gasteiger partial charge on any atom is -0.489 e. The van der Waals surface area contributed by atoms with Crippen LogP contribution in [-0.2, 0) is 6.54 Å². The van der Waals surface area contributed by atoms with Crippen molar-refractivity contribution in [1.82, 2.24) is 5.32 Å². The van der Waals surface area contributed by atoms with Crippen LogP contribution in [0.4, 0.5) is 0 Å². The van der Waals surface area contributed by atoms with Crippen molar-refractivity contribution in [3.8, 4) is 5.75 Å². The van der Waals surface area contributed by atoms with Gasteiger partial charge in [-0.3, -0.25) is 0 Å². The predicted octanol–water partition coefficient (Wildman–Crippen LogP) is 3.25. The fourth-order valence-corrected chi connectivity index (χ4v) is 1.47. The van der Waals surface area contributed by atoms with E-state index in [1.54, 1.807) is 6.08 Å². The standard InChI is InChI=1S/C13H16BrNO/c1-3-8-16-13-7-5-4-6-12(13)10-15-9-11(2)14/h3-7,15H,1-2,8-10H2. The van der Waals surface area contributed by atoms with Crippen LogP contribution in [0.15, 0.2) is 48.0 Å². The molecule has 0 bridgehead atoms. The summed E-state index contributed by atoms with van der Waals surface area (Å²) < 4.78 is 6.49. The van der Waals surface area contributed by atoms with E-state index in [9.17, 15) is 0 Å². The second kappa shape index (κ2) is 7.25. The largest absolute Gasteiger partial charge is 0.489 e. The normalized spacial score (nSPS) is 9.81. The van der Waals surface area contributed by atoms with E-state index in [2.05, 4.69) is 34.4 Å². The number of hydrogen-bond acceptors (Lipinski definition) is 2. The van der Waals surface area contributed by atoms with E-state index in [1.807, 2.05) is 24.3 Å². The van der Waals surface area contributed by atoms with Crippen LogP contribution in [-0.4, -0.2) is 13.2 Å². The molecular weight excluding hydrogens is 266 g/mol. The van der Waals surface area contributed by atoms with E-state index >= 15 is 0 Å². The summed E-state index contributed by atoms with van der Waals surface area (Å²) in [5.74, 6) is 0.898. The lowest BCUT2D eigenvalue weighted by Gasteiger charge is -2.10. The number of ether oxygens (including phenoxy) is 1. The molecule has 0 spiro atoms. The zero-order chi connectivity index (χ0) is 11.8. The first-order valence-electron chi connectivity index (χ1n) is 5.09. The van der Waals surface area contributed by atoms with Gasteiger partial charge in [0.25, 0.3) is 0 Å². The molecule has 16 heavy (non-hydrogen) atoms. The molecule has 0 unspecified atom stereocenters. The number of para-hydroxylation sites is 1. The molecule has 0 saturated carbocycles. The lowest BCUT2D eigenvalue weighted by molar-refractivity contribution is 0.358. The molecule has 0 amide bonds. The van der Waals surface area contributed by atoms with Gasteiger partial charge >= 0.3 is 0 Å². The van der Waals surface area contributed by atoms with E-state index < -0.39 is 0 Å². The van der Waals surface area contributed by atoms with Gasteiger partial charge in [0.2, 0.25) is 0 Å². The van der Waals surface area contributed by atoms with Crippen molar-refractivity contribution in [2.75, 3.05) is 13.2 Å². The lowest BCUT2D eigenvalue weighted by atomic mass is 10.2. The molecule has 0 fully saturated rings. The fraction of sp³-hybridized carbons (Fsp3) is 0.231. The summed E-state index contributed by atoms with van der Waals surface area (Å²) in [4.78, 5) is 0. The van der Waals surface area contributed by atoms with E-state index in [4.69, 9.17) is 4.74 Å². The maximum absolute atomic E-state index is 5.55. The third-order valence-electron chi connectivity index (χ3n) is 1.96. The Morgan fingerprint density at radius 3 is 2.88 bits per heavy atom. The number of nitrogens with one attached hydrogen (secondary N) is 1. The zero-order valence-corrected chi connectivity index (χ0v) is 10.8. The average Bonchev–Trinajstić information content (AvgIpc) is 2.27. The van der Waals surface area contributed by atoms with E-state index in [-0.39, 0.29) is 0 Å². The van der Waals surface area contributed by atoms with Crippen molar-refractivity contribution in [3.05, 3.63) is 53.5 Å². The minimum absolute atomic E-state index is 0.530. The van der Waals surface area contributed by atoms with E-state index in [0.29, 0.717) is 6.61 Å². The van der Waals surface area contributed by atoms with Crippen LogP contribution in [0.5, 0.6) is 5.75 Å². The van der Waals surface area contributed by atoms with Gasteiger partial charge in [-0.2, -0.15) is 0 Å². The molecule has 86 valence electrons. The second-order valence-corrected chi connectivity index (χ2v) is 4.45. The first-order chi connectivity index (χ1) is 7.74. The van der Waals surface area contributed by atoms with Crippen LogP contribution in [0, 0.1) is 0 Å². The van der Waals surface area contributed by atoms with Crippen LogP contribution < -0.4 is 10.1 Å². The summed E-state index contributed by atoms with van der Waals surface area (Å²) >= 11 is 3.31. The van der Waals surface area contributed by atoms with Crippen molar-refractivity contribution in [2.24, 2.45) is 0 Å². The Morgan fingerprint density at radius 2 is 2.19 bits per heavy atom. The smallest absolute Gasteiger partial charge is 0.124 e. The van der Waals surface area contributed by atoms with E-state index in [1.165, 1.54) is 0 Å². The molecule has 1 aromatic rings. The highest BCUT2D eigenvalue weighted by atomic mass is 79.9. The number of hydrogen-bond donors (Lipinski definition) is 1. The molecule has 0 radical (unpaired) electrons. The predicted molar refractivity (Wildman–Crippen MR) is 71.9 cm³/mol. The Morgan fingerprint density at radius 1 is 1.44 bits per heavy atom. The van der Waals surface area contributed by atoms with Crippen molar-refractivity contribution in [3.63, 3.8) is 0 Å². The lowest BCUT2D eigenvalue weighted by Crippen LogP contribution is -2.15. The maximum Gasteiger partial charge on any atom is 0.124 e. The van der Waals surface area contributed by atoms with Gasteiger partial charge in [-0.1, -0.05) is 53.4 Å². The molecule has 2 nitrogen and oxygen atoms in total. The Kier molecular flexibility index (Phi) is 5.90. The van der Waals surface area contributed by atoms with Crippen molar-refractivity contribution in [1.29, 1.82) is 0 Å². The Balaban J connectivity index is 2.56. The summed E-state index contributed by atoms with van der Waals surface area (Å²) in [6.07, 6.45) is 1.74. The maximum atomic E-state index is 5.55. The third-order valence-corrected chi connectivity index (χ3v) is 2.24. The van der Waals surface area contributed by atoms with Gasteiger partial charge in [0, 0.05) is 23.1 Å². The topological polar surface area (TPSA) is 21.3 Å². The molecule has 1 N–H and O–H groups in total. The van der Waals surface area contributed by atoms with Gasteiger partial charge < -0.3 is 10.1 Å². The molecule has 1 rings (SSSR count). The molecule has 0 aromatic heterocycles. The van der Waals surface area contributed by atoms with Crippen molar-refractivity contribution < 1.29 is 4.74 Å². The molecular formula is C13H16BrNO. The molecule has 3 heteroatoms. The summed E-state index contributed by atoms with van der Waals surface area (Å²) in [5.41, 5.74) is 1.14. The minimum atomic E-state index is 0.530. The van der Waals surface area contributed by atoms with Crippen LogP contribution in [0.1, 0.15) is 5.56 Å². The summed E-state index contributed by atoms with van der Waals surface area (Å²) in [5, 5.41) is 3.27. The van der Waals surface area contributed by atoms with Crippen LogP contribution >= 0.6 is 15.9 Å². The van der Waals surface area contributed by atoms with Crippen LogP contribution in [0.25, 0.3) is 0 Å². The first-order valence-corrected chi connectivity index (χ1v) is 5.89. The van der Waals surface area contributed by atoms with Crippen molar-refractivity contribution in [2.45, 2.75) is 6.54 Å². The zero-order valence-electron chi connectivity index (χ0n) is 9.21. The van der Waals surface area contributed by atoms with E-state index in [0.717, 1.165) is 28.9 Å². The van der Waals surface area contributed by atoms with Gasteiger partial charge in [-0.05, 0) is 6.07 Å². The van der Waals surface area contributed by atoms with Gasteiger partial charge in [0.15, 0.2) is 0 Å². The average molecular weight is 282 g/mol. The monoisotopic (exact) mass is 281 g/mol. The number of benzene rings is 1. The molecule has 1 aromatic carbocycles. The van der Waals surface area contributed by atoms with Crippen LogP contribution in [0.2, 0.25) is 0 Å². The van der Waals surface area contributed by atoms with Crippen LogP contribution in [0.3, 0.4) is 0 Å². The summed E-state index contributed by atoms with van der Waals surface area (Å²) in [6.45, 7) is 9.44. The summed E-state index contributed by atoms with van der Waals surface area (Å²) in [7, 11) is 0. The van der Waals surface area contributed by atoms with Gasteiger partial charge in [-0.15, -0.1) is 0 Å². The highest BCUT2D eigenvalue weighted by molar-refractivity contribution is 9.11. The Hall–Kier alpha value is -1.06. The second-order valence-electron chi connectivity index (χ2n) is 3.33. The first kappa shape index (κ1) is 13.0. The summed E-state index contributed by atoms with van der Waals surface area (Å²) in [6, 6.07) is 7.97. The molecule has 0 aliphatic heterocycles. The van der Waals surface area contributed by atoms with Gasteiger partial charge in [0.1, 0.15) is 12.4 Å².